The van der Waals surface area contributed by atoms with Gasteiger partial charge in [-0.2, -0.15) is 0 Å². The van der Waals surface area contributed by atoms with Gasteiger partial charge >= 0.3 is 0 Å². The van der Waals surface area contributed by atoms with Gasteiger partial charge in [0.1, 0.15) is 5.75 Å². The summed E-state index contributed by atoms with van der Waals surface area (Å²) >= 11 is 0. The van der Waals surface area contributed by atoms with E-state index in [1.165, 1.54) is 0 Å². The first-order valence-electron chi connectivity index (χ1n) is 7.88. The molecule has 1 saturated heterocycles. The lowest BCUT2D eigenvalue weighted by Gasteiger charge is -2.20. The van der Waals surface area contributed by atoms with Crippen LogP contribution in [0.3, 0.4) is 0 Å². The number of rotatable bonds is 5. The zero-order chi connectivity index (χ0) is 18.0. The molecule has 5 nitrogen and oxygen atoms in total. The summed E-state index contributed by atoms with van der Waals surface area (Å²) < 4.78 is 28.5. The quantitative estimate of drug-likeness (QED) is 0.743. The Labute approximate surface area is 151 Å². The van der Waals surface area contributed by atoms with Crippen molar-refractivity contribution in [3.8, 4) is 11.5 Å². The van der Waals surface area contributed by atoms with Crippen molar-refractivity contribution in [2.24, 2.45) is 5.92 Å². The van der Waals surface area contributed by atoms with Crippen molar-refractivity contribution in [2.75, 3.05) is 17.2 Å². The van der Waals surface area contributed by atoms with Gasteiger partial charge in [0.25, 0.3) is 0 Å². The van der Waals surface area contributed by atoms with E-state index in [-0.39, 0.29) is 24.0 Å². The smallest absolute Gasteiger partial charge is 0.232 e. The molecule has 0 bridgehead atoms. The maximum Gasteiger partial charge on any atom is 0.232 e. The first-order valence-corrected chi connectivity index (χ1v) is 10.4. The van der Waals surface area contributed by atoms with Crippen LogP contribution in [0.4, 0.5) is 5.69 Å². The predicted octanol–water partition coefficient (Wildman–Crippen LogP) is 3.71. The average Bonchev–Trinajstić information content (AvgIpc) is 2.86. The van der Waals surface area contributed by atoms with Crippen molar-refractivity contribution >= 4 is 31.3 Å². The van der Waals surface area contributed by atoms with E-state index >= 15 is 0 Å². The molecule has 1 unspecified atom stereocenters. The molecule has 2 aromatic rings. The topological polar surface area (TPSA) is 63.7 Å². The molecule has 132 valence electrons. The van der Waals surface area contributed by atoms with E-state index in [9.17, 15) is 13.2 Å². The molecule has 1 atom stereocenters. The number of amides is 1. The van der Waals surface area contributed by atoms with Crippen molar-refractivity contribution in [3.05, 3.63) is 54.1 Å². The minimum Gasteiger partial charge on any atom is -0.455 e. The van der Waals surface area contributed by atoms with Crippen LogP contribution in [0.15, 0.2) is 48.5 Å². The molecule has 0 saturated carbocycles. The zero-order valence-electron chi connectivity index (χ0n) is 13.7. The number of anilines is 1. The first-order chi connectivity index (χ1) is 11.8. The number of ether oxygens (including phenoxy) is 1. The Hall–Kier alpha value is -2.05. The second kappa shape index (κ2) is 7.06. The molecule has 3 rings (SSSR count). The second-order valence-corrected chi connectivity index (χ2v) is 8.99. The van der Waals surface area contributed by atoms with Crippen molar-refractivity contribution in [2.45, 2.75) is 13.3 Å². The molecule has 7 heteroatoms. The summed E-state index contributed by atoms with van der Waals surface area (Å²) in [4.78, 5) is 13.9. The number of aryl methyl sites for hydroxylation is 1. The fourth-order valence-corrected chi connectivity index (χ4v) is 4.30. The molecule has 0 radical (unpaired) electrons. The van der Waals surface area contributed by atoms with Gasteiger partial charge in [0.2, 0.25) is 15.0 Å². The van der Waals surface area contributed by atoms with Crippen LogP contribution >= 0.6 is 10.7 Å². The summed E-state index contributed by atoms with van der Waals surface area (Å²) in [7, 11) is 1.69. The van der Waals surface area contributed by atoms with Crippen molar-refractivity contribution in [1.29, 1.82) is 0 Å². The van der Waals surface area contributed by atoms with Gasteiger partial charge in [0, 0.05) is 29.6 Å². The Morgan fingerprint density at radius 3 is 2.68 bits per heavy atom. The Morgan fingerprint density at radius 2 is 1.96 bits per heavy atom. The molecule has 1 fully saturated rings. The highest BCUT2D eigenvalue weighted by molar-refractivity contribution is 8.13. The van der Waals surface area contributed by atoms with E-state index in [2.05, 4.69) is 0 Å². The van der Waals surface area contributed by atoms with Gasteiger partial charge in [0.05, 0.1) is 11.4 Å². The fraction of sp³-hybridized carbons (Fsp3) is 0.278. The van der Waals surface area contributed by atoms with Crippen LogP contribution in [0.2, 0.25) is 0 Å². The van der Waals surface area contributed by atoms with Gasteiger partial charge in [0.15, 0.2) is 5.75 Å². The number of hydrogen-bond acceptors (Lipinski definition) is 4. The number of carbonyl (C=O) groups excluding carboxylic acids is 1. The minimum absolute atomic E-state index is 0.134. The molecule has 0 N–H and O–H groups in total. The molecular weight excluding hydrogens is 362 g/mol. The van der Waals surface area contributed by atoms with E-state index < -0.39 is 9.05 Å². The van der Waals surface area contributed by atoms with Crippen LogP contribution in [-0.4, -0.2) is 26.6 Å². The van der Waals surface area contributed by atoms with Crippen LogP contribution < -0.4 is 9.64 Å². The molecule has 0 spiro atoms. The lowest BCUT2D eigenvalue weighted by molar-refractivity contribution is -0.117. The van der Waals surface area contributed by atoms with E-state index in [0.717, 1.165) is 5.56 Å². The lowest BCUT2D eigenvalue weighted by atomic mass is 10.1. The number of hydrogen-bond donors (Lipinski definition) is 0. The molecule has 0 aromatic heterocycles. The Balaban J connectivity index is 1.84. The number of para-hydroxylation sites is 2. The van der Waals surface area contributed by atoms with Crippen molar-refractivity contribution < 1.29 is 17.9 Å². The second-order valence-electron chi connectivity index (χ2n) is 6.17. The molecule has 1 amide bonds. The van der Waals surface area contributed by atoms with Gasteiger partial charge in [-0.05, 0) is 36.8 Å². The summed E-state index contributed by atoms with van der Waals surface area (Å²) in [6.45, 7) is 2.28. The molecule has 1 heterocycles. The first kappa shape index (κ1) is 17.8. The standard InChI is InChI=1S/C18H18ClNO4S/c1-13-5-4-6-15(9-13)24-17-8-3-2-7-16(17)20-11-14(10-18(20)21)12-25(19,22)23/h2-9,14H,10-12H2,1H3. The largest absolute Gasteiger partial charge is 0.455 e. The van der Waals surface area contributed by atoms with Crippen LogP contribution in [0.1, 0.15) is 12.0 Å². The molecule has 2 aromatic carbocycles. The number of carbonyl (C=O) groups is 1. The van der Waals surface area contributed by atoms with Crippen molar-refractivity contribution in [1.82, 2.24) is 0 Å². The normalized spacial score (nSPS) is 17.8. The number of benzene rings is 2. The molecule has 1 aliphatic rings. The van der Waals surface area contributed by atoms with E-state index in [1.54, 1.807) is 17.0 Å². The third-order valence-corrected chi connectivity index (χ3v) is 5.26. The third-order valence-electron chi connectivity index (χ3n) is 4.01. The van der Waals surface area contributed by atoms with Gasteiger partial charge in [-0.15, -0.1) is 0 Å². The molecule has 25 heavy (non-hydrogen) atoms. The number of halogens is 1. The summed E-state index contributed by atoms with van der Waals surface area (Å²) in [5, 5.41) is 0. The van der Waals surface area contributed by atoms with Crippen LogP contribution in [0, 0.1) is 12.8 Å². The molecular formula is C18H18ClNO4S. The Morgan fingerprint density at radius 1 is 1.20 bits per heavy atom. The fourth-order valence-electron chi connectivity index (χ4n) is 2.98. The molecule has 0 aliphatic carbocycles. The average molecular weight is 380 g/mol. The Bertz CT molecular complexity index is 897. The van der Waals surface area contributed by atoms with Gasteiger partial charge in [-0.3, -0.25) is 4.79 Å². The predicted molar refractivity (Wildman–Crippen MR) is 97.8 cm³/mol. The van der Waals surface area contributed by atoms with E-state index in [4.69, 9.17) is 15.4 Å². The maximum absolute atomic E-state index is 12.4. The van der Waals surface area contributed by atoms with Crippen LogP contribution in [-0.2, 0) is 13.8 Å². The summed E-state index contributed by atoms with van der Waals surface area (Å²) in [5.41, 5.74) is 1.70. The zero-order valence-corrected chi connectivity index (χ0v) is 15.3. The van der Waals surface area contributed by atoms with Gasteiger partial charge in [-0.25, -0.2) is 8.42 Å². The molecule has 1 aliphatic heterocycles. The third kappa shape index (κ3) is 4.52. The summed E-state index contributed by atoms with van der Waals surface area (Å²) in [6, 6.07) is 14.9. The SMILES string of the molecule is Cc1cccc(Oc2ccccc2N2CC(CS(=O)(=O)Cl)CC2=O)c1. The minimum atomic E-state index is -3.64. The summed E-state index contributed by atoms with van der Waals surface area (Å²) in [5.74, 6) is 0.569. The van der Waals surface area contributed by atoms with Gasteiger partial charge < -0.3 is 9.64 Å². The highest BCUT2D eigenvalue weighted by atomic mass is 35.7. The Kier molecular flexibility index (Phi) is 5.01. The highest BCUT2D eigenvalue weighted by Crippen LogP contribution is 2.36. The summed E-state index contributed by atoms with van der Waals surface area (Å²) in [6.07, 6.45) is 0.157. The van der Waals surface area contributed by atoms with Gasteiger partial charge in [-0.1, -0.05) is 24.3 Å². The van der Waals surface area contributed by atoms with E-state index in [1.807, 2.05) is 43.3 Å². The van der Waals surface area contributed by atoms with Crippen LogP contribution in [0.5, 0.6) is 11.5 Å². The maximum atomic E-state index is 12.4. The monoisotopic (exact) mass is 379 g/mol. The lowest BCUT2D eigenvalue weighted by Crippen LogP contribution is -2.25. The van der Waals surface area contributed by atoms with E-state index in [0.29, 0.717) is 23.7 Å². The highest BCUT2D eigenvalue weighted by Gasteiger charge is 2.34. The van der Waals surface area contributed by atoms with Crippen molar-refractivity contribution in [3.63, 3.8) is 0 Å². The number of nitrogens with zero attached hydrogens (tertiary/aromatic N) is 1. The van der Waals surface area contributed by atoms with Crippen LogP contribution in [0.25, 0.3) is 0 Å².